The Labute approximate surface area is 164 Å². The van der Waals surface area contributed by atoms with Gasteiger partial charge in [-0.1, -0.05) is 29.8 Å². The third-order valence-electron chi connectivity index (χ3n) is 4.77. The predicted octanol–water partition coefficient (Wildman–Crippen LogP) is 3.44. The number of halogens is 1. The molecule has 1 aliphatic rings. The zero-order valence-electron chi connectivity index (χ0n) is 14.5. The molecule has 8 nitrogen and oxygen atoms in total. The molecule has 2 amide bonds. The second-order valence-corrected chi connectivity index (χ2v) is 7.00. The van der Waals surface area contributed by atoms with Crippen LogP contribution in [0.3, 0.4) is 0 Å². The number of H-pyrrole nitrogens is 1. The molecule has 1 saturated heterocycles. The molecule has 2 aromatic carbocycles. The van der Waals surface area contributed by atoms with E-state index in [-0.39, 0.29) is 41.3 Å². The van der Waals surface area contributed by atoms with E-state index >= 15 is 0 Å². The third kappa shape index (κ3) is 3.18. The average molecular weight is 399 g/mol. The number of nitro benzene ring substituents is 1. The molecular weight excluding hydrogens is 384 g/mol. The van der Waals surface area contributed by atoms with Gasteiger partial charge in [-0.2, -0.15) is 0 Å². The Kier molecular flexibility index (Phi) is 4.48. The molecule has 0 saturated carbocycles. The quantitative estimate of drug-likeness (QED) is 0.518. The highest BCUT2D eigenvalue weighted by atomic mass is 35.5. The van der Waals surface area contributed by atoms with Crippen molar-refractivity contribution < 1.29 is 14.5 Å². The highest BCUT2D eigenvalue weighted by Gasteiger charge is 2.37. The molecule has 28 heavy (non-hydrogen) atoms. The molecule has 142 valence electrons. The molecule has 2 N–H and O–H groups in total. The van der Waals surface area contributed by atoms with Crippen molar-refractivity contribution in [3.63, 3.8) is 0 Å². The van der Waals surface area contributed by atoms with Gasteiger partial charge in [0.1, 0.15) is 5.69 Å². The van der Waals surface area contributed by atoms with Crippen molar-refractivity contribution in [2.24, 2.45) is 5.92 Å². The normalized spacial score (nSPS) is 14.0. The van der Waals surface area contributed by atoms with Crippen molar-refractivity contribution in [1.29, 1.82) is 0 Å². The van der Waals surface area contributed by atoms with E-state index in [0.717, 1.165) is 10.9 Å². The Hall–Kier alpha value is -3.39. The van der Waals surface area contributed by atoms with Crippen molar-refractivity contribution in [1.82, 2.24) is 9.88 Å². The summed E-state index contributed by atoms with van der Waals surface area (Å²) < 4.78 is 0. The van der Waals surface area contributed by atoms with E-state index in [0.29, 0.717) is 5.56 Å². The molecule has 0 unspecified atom stereocenters. The van der Waals surface area contributed by atoms with Gasteiger partial charge < -0.3 is 15.2 Å². The van der Waals surface area contributed by atoms with Crippen LogP contribution in [0.5, 0.6) is 0 Å². The molecule has 1 fully saturated rings. The van der Waals surface area contributed by atoms with Gasteiger partial charge in [-0.25, -0.2) is 0 Å². The van der Waals surface area contributed by atoms with E-state index in [9.17, 15) is 19.7 Å². The van der Waals surface area contributed by atoms with Gasteiger partial charge in [-0.3, -0.25) is 19.7 Å². The van der Waals surface area contributed by atoms with E-state index < -0.39 is 10.8 Å². The van der Waals surface area contributed by atoms with Crippen LogP contribution in [0, 0.1) is 16.0 Å². The number of rotatable bonds is 4. The summed E-state index contributed by atoms with van der Waals surface area (Å²) in [6.45, 7) is 0.497. The predicted molar refractivity (Wildman–Crippen MR) is 104 cm³/mol. The van der Waals surface area contributed by atoms with Crippen molar-refractivity contribution in [2.45, 2.75) is 0 Å². The molecule has 2 heterocycles. The first-order valence-corrected chi connectivity index (χ1v) is 8.92. The fourth-order valence-electron chi connectivity index (χ4n) is 3.23. The SMILES string of the molecule is O=C(Nc1cc(Cl)ccc1[N+](=O)[O-])C1CN(C(=O)c2c[nH]c3ccccc23)C1. The number of amides is 2. The summed E-state index contributed by atoms with van der Waals surface area (Å²) >= 11 is 5.87. The Balaban J connectivity index is 1.43. The van der Waals surface area contributed by atoms with Crippen LogP contribution in [0.4, 0.5) is 11.4 Å². The maximum absolute atomic E-state index is 12.7. The lowest BCUT2D eigenvalue weighted by Crippen LogP contribution is -2.54. The van der Waals surface area contributed by atoms with E-state index in [1.807, 2.05) is 24.3 Å². The van der Waals surface area contributed by atoms with Crippen LogP contribution in [0.15, 0.2) is 48.7 Å². The van der Waals surface area contributed by atoms with Crippen molar-refractivity contribution in [3.05, 3.63) is 69.4 Å². The Morgan fingerprint density at radius 1 is 1.21 bits per heavy atom. The number of para-hydroxylation sites is 1. The van der Waals surface area contributed by atoms with Gasteiger partial charge in [0.05, 0.1) is 16.4 Å². The molecule has 9 heteroatoms. The van der Waals surface area contributed by atoms with Crippen LogP contribution in [-0.4, -0.2) is 39.7 Å². The van der Waals surface area contributed by atoms with Gasteiger partial charge in [-0.05, 0) is 18.2 Å². The first-order valence-electron chi connectivity index (χ1n) is 8.54. The number of benzene rings is 2. The maximum atomic E-state index is 12.7. The first-order chi connectivity index (χ1) is 13.4. The summed E-state index contributed by atoms with van der Waals surface area (Å²) in [6, 6.07) is 11.5. The number of hydrogen-bond acceptors (Lipinski definition) is 4. The molecule has 1 aromatic heterocycles. The molecular formula is C19H15ClN4O4. The second-order valence-electron chi connectivity index (χ2n) is 6.56. The standard InChI is InChI=1S/C19H15ClN4O4/c20-12-5-6-17(24(27)28)16(7-12)22-18(25)11-9-23(10-11)19(26)14-8-21-15-4-2-1-3-13(14)15/h1-8,11,21H,9-10H2,(H,22,25). The summed E-state index contributed by atoms with van der Waals surface area (Å²) in [5.41, 5.74) is 1.24. The summed E-state index contributed by atoms with van der Waals surface area (Å²) in [6.07, 6.45) is 1.66. The highest BCUT2D eigenvalue weighted by molar-refractivity contribution is 6.31. The second kappa shape index (κ2) is 6.97. The Morgan fingerprint density at radius 3 is 2.71 bits per heavy atom. The molecule has 0 atom stereocenters. The minimum atomic E-state index is -0.584. The van der Waals surface area contributed by atoms with Crippen LogP contribution in [0.2, 0.25) is 5.02 Å². The number of likely N-dealkylation sites (tertiary alicyclic amines) is 1. The van der Waals surface area contributed by atoms with Gasteiger partial charge in [0.25, 0.3) is 11.6 Å². The topological polar surface area (TPSA) is 108 Å². The van der Waals surface area contributed by atoms with Crippen LogP contribution in [0.25, 0.3) is 10.9 Å². The lowest BCUT2D eigenvalue weighted by atomic mass is 9.97. The first kappa shape index (κ1) is 18.0. The number of anilines is 1. The van der Waals surface area contributed by atoms with E-state index in [2.05, 4.69) is 10.3 Å². The number of nitro groups is 1. The Morgan fingerprint density at radius 2 is 1.96 bits per heavy atom. The number of nitrogens with one attached hydrogen (secondary N) is 2. The monoisotopic (exact) mass is 398 g/mol. The molecule has 4 rings (SSSR count). The van der Waals surface area contributed by atoms with Crippen molar-refractivity contribution >= 4 is 45.7 Å². The minimum absolute atomic E-state index is 0.0453. The van der Waals surface area contributed by atoms with Crippen LogP contribution in [0.1, 0.15) is 10.4 Å². The number of aromatic nitrogens is 1. The maximum Gasteiger partial charge on any atom is 0.292 e. The number of hydrogen-bond donors (Lipinski definition) is 2. The van der Waals surface area contributed by atoms with E-state index in [1.165, 1.54) is 18.2 Å². The van der Waals surface area contributed by atoms with Crippen LogP contribution in [-0.2, 0) is 4.79 Å². The molecule has 0 spiro atoms. The third-order valence-corrected chi connectivity index (χ3v) is 5.01. The number of nitrogens with zero attached hydrogens (tertiary/aromatic N) is 2. The summed E-state index contributed by atoms with van der Waals surface area (Å²) in [5, 5.41) is 14.8. The summed E-state index contributed by atoms with van der Waals surface area (Å²) in [7, 11) is 0. The number of aromatic amines is 1. The van der Waals surface area contributed by atoms with Crippen LogP contribution < -0.4 is 5.32 Å². The number of fused-ring (bicyclic) bond motifs is 1. The van der Waals surface area contributed by atoms with Gasteiger partial charge >= 0.3 is 0 Å². The number of carbonyl (C=O) groups excluding carboxylic acids is 2. The molecule has 3 aromatic rings. The number of carbonyl (C=O) groups is 2. The van der Waals surface area contributed by atoms with Crippen LogP contribution >= 0.6 is 11.6 Å². The van der Waals surface area contributed by atoms with Crippen molar-refractivity contribution in [3.8, 4) is 0 Å². The van der Waals surface area contributed by atoms with Crippen molar-refractivity contribution in [2.75, 3.05) is 18.4 Å². The van der Waals surface area contributed by atoms with E-state index in [4.69, 9.17) is 11.6 Å². The average Bonchev–Trinajstić information content (AvgIpc) is 3.04. The Bertz CT molecular complexity index is 1100. The van der Waals surface area contributed by atoms with Gasteiger partial charge in [0.15, 0.2) is 0 Å². The van der Waals surface area contributed by atoms with Gasteiger partial charge in [-0.15, -0.1) is 0 Å². The van der Waals surface area contributed by atoms with Gasteiger partial charge in [0.2, 0.25) is 5.91 Å². The summed E-state index contributed by atoms with van der Waals surface area (Å²) in [4.78, 5) is 40.3. The summed E-state index contributed by atoms with van der Waals surface area (Å²) in [5.74, 6) is -0.976. The lowest BCUT2D eigenvalue weighted by molar-refractivity contribution is -0.383. The van der Waals surface area contributed by atoms with Gasteiger partial charge in [0, 0.05) is 41.3 Å². The molecule has 0 aliphatic carbocycles. The highest BCUT2D eigenvalue weighted by Crippen LogP contribution is 2.29. The molecule has 1 aliphatic heterocycles. The fraction of sp³-hybridized carbons (Fsp3) is 0.158. The minimum Gasteiger partial charge on any atom is -0.360 e. The zero-order valence-corrected chi connectivity index (χ0v) is 15.3. The molecule has 0 bridgehead atoms. The molecule has 0 radical (unpaired) electrons. The zero-order chi connectivity index (χ0) is 19.8. The van der Waals surface area contributed by atoms with E-state index in [1.54, 1.807) is 11.1 Å². The smallest absolute Gasteiger partial charge is 0.292 e. The lowest BCUT2D eigenvalue weighted by Gasteiger charge is -2.38. The largest absolute Gasteiger partial charge is 0.360 e. The fourth-order valence-corrected chi connectivity index (χ4v) is 3.40.